The first-order valence-electron chi connectivity index (χ1n) is 6.95. The van der Waals surface area contributed by atoms with Gasteiger partial charge in [-0.3, -0.25) is 0 Å². The van der Waals surface area contributed by atoms with Crippen molar-refractivity contribution < 1.29 is 9.52 Å². The van der Waals surface area contributed by atoms with Crippen LogP contribution in [0.1, 0.15) is 42.4 Å². The van der Waals surface area contributed by atoms with Gasteiger partial charge in [-0.15, -0.1) is 11.3 Å². The molecule has 1 aliphatic rings. The van der Waals surface area contributed by atoms with Gasteiger partial charge in [-0.25, -0.2) is 0 Å². The minimum absolute atomic E-state index is 0.0442. The normalized spacial score (nSPS) is 24.7. The van der Waals surface area contributed by atoms with Gasteiger partial charge in [0.1, 0.15) is 11.8 Å². The molecule has 1 saturated carbocycles. The maximum Gasteiger partial charge on any atom is 0.126 e. The van der Waals surface area contributed by atoms with Crippen LogP contribution in [0.4, 0.5) is 0 Å². The van der Waals surface area contributed by atoms with Gasteiger partial charge in [0.25, 0.3) is 0 Å². The third kappa shape index (κ3) is 3.26. The van der Waals surface area contributed by atoms with Gasteiger partial charge in [0.15, 0.2) is 0 Å². The standard InChI is InChI=1S/C15H18ClNO2S/c16-14-8-7-13(20-14)15(12-2-1-9-19-12)17-10-3-5-11(18)6-4-10/h1-2,7-11,15,17-18H,3-6H2. The number of hydrogen-bond acceptors (Lipinski definition) is 4. The molecule has 5 heteroatoms. The molecule has 3 rings (SSSR count). The summed E-state index contributed by atoms with van der Waals surface area (Å²) in [5.41, 5.74) is 0. The summed E-state index contributed by atoms with van der Waals surface area (Å²) in [7, 11) is 0. The number of hydrogen-bond donors (Lipinski definition) is 2. The van der Waals surface area contributed by atoms with Gasteiger partial charge >= 0.3 is 0 Å². The number of furan rings is 1. The van der Waals surface area contributed by atoms with Crippen LogP contribution >= 0.6 is 22.9 Å². The molecule has 0 saturated heterocycles. The van der Waals surface area contributed by atoms with Crippen molar-refractivity contribution >= 4 is 22.9 Å². The van der Waals surface area contributed by atoms with Crippen LogP contribution in [0, 0.1) is 0 Å². The Morgan fingerprint density at radius 1 is 1.25 bits per heavy atom. The molecular formula is C15H18ClNO2S. The predicted molar refractivity (Wildman–Crippen MR) is 81.3 cm³/mol. The summed E-state index contributed by atoms with van der Waals surface area (Å²) in [6, 6.07) is 8.32. The van der Waals surface area contributed by atoms with E-state index in [0.29, 0.717) is 6.04 Å². The lowest BCUT2D eigenvalue weighted by Gasteiger charge is -2.29. The first-order chi connectivity index (χ1) is 9.72. The lowest BCUT2D eigenvalue weighted by atomic mass is 9.92. The molecule has 1 fully saturated rings. The summed E-state index contributed by atoms with van der Waals surface area (Å²) in [6.45, 7) is 0. The van der Waals surface area contributed by atoms with E-state index >= 15 is 0 Å². The van der Waals surface area contributed by atoms with Gasteiger partial charge < -0.3 is 14.8 Å². The van der Waals surface area contributed by atoms with E-state index in [0.717, 1.165) is 40.7 Å². The molecule has 2 N–H and O–H groups in total. The van der Waals surface area contributed by atoms with Crippen LogP contribution in [0.25, 0.3) is 0 Å². The Morgan fingerprint density at radius 3 is 2.65 bits per heavy atom. The second-order valence-corrected chi connectivity index (χ2v) is 7.01. The first kappa shape index (κ1) is 14.1. The second-order valence-electron chi connectivity index (χ2n) is 5.26. The highest BCUT2D eigenvalue weighted by molar-refractivity contribution is 7.16. The van der Waals surface area contributed by atoms with Crippen LogP contribution in [0.5, 0.6) is 0 Å². The average molecular weight is 312 g/mol. The Hall–Kier alpha value is -0.810. The fourth-order valence-corrected chi connectivity index (χ4v) is 3.85. The number of thiophene rings is 1. The van der Waals surface area contributed by atoms with Crippen LogP contribution in [-0.4, -0.2) is 17.3 Å². The molecule has 108 valence electrons. The SMILES string of the molecule is OC1CCC(NC(c2ccco2)c2ccc(Cl)s2)CC1. The maximum atomic E-state index is 9.60. The van der Waals surface area contributed by atoms with Crippen molar-refractivity contribution in [2.24, 2.45) is 0 Å². The van der Waals surface area contributed by atoms with Crippen LogP contribution < -0.4 is 5.32 Å². The molecular weight excluding hydrogens is 294 g/mol. The van der Waals surface area contributed by atoms with E-state index in [1.165, 1.54) is 0 Å². The maximum absolute atomic E-state index is 9.60. The highest BCUT2D eigenvalue weighted by atomic mass is 35.5. The Morgan fingerprint density at radius 2 is 2.05 bits per heavy atom. The summed E-state index contributed by atoms with van der Waals surface area (Å²) >= 11 is 7.63. The van der Waals surface area contributed by atoms with Gasteiger partial charge in [0.05, 0.1) is 16.7 Å². The smallest absolute Gasteiger partial charge is 0.126 e. The molecule has 0 aromatic carbocycles. The van der Waals surface area contributed by atoms with Crippen molar-refractivity contribution in [1.82, 2.24) is 5.32 Å². The van der Waals surface area contributed by atoms with Gasteiger partial charge in [0.2, 0.25) is 0 Å². The minimum Gasteiger partial charge on any atom is -0.467 e. The summed E-state index contributed by atoms with van der Waals surface area (Å²) < 4.78 is 6.36. The Labute approximate surface area is 127 Å². The second kappa shape index (κ2) is 6.31. The van der Waals surface area contributed by atoms with Crippen molar-refractivity contribution in [3.8, 4) is 0 Å². The largest absolute Gasteiger partial charge is 0.467 e. The number of halogens is 1. The highest BCUT2D eigenvalue weighted by Gasteiger charge is 2.25. The van der Waals surface area contributed by atoms with Gasteiger partial charge in [-0.1, -0.05) is 11.6 Å². The summed E-state index contributed by atoms with van der Waals surface area (Å²) in [5.74, 6) is 0.912. The van der Waals surface area contributed by atoms with Crippen LogP contribution in [0.2, 0.25) is 4.34 Å². The molecule has 0 bridgehead atoms. The fourth-order valence-electron chi connectivity index (χ4n) is 2.72. The molecule has 0 aliphatic heterocycles. The van der Waals surface area contributed by atoms with Gasteiger partial charge in [-0.05, 0) is 49.9 Å². The van der Waals surface area contributed by atoms with E-state index in [1.807, 2.05) is 24.3 Å². The van der Waals surface area contributed by atoms with E-state index < -0.39 is 0 Å². The van der Waals surface area contributed by atoms with Gasteiger partial charge in [0, 0.05) is 10.9 Å². The molecule has 20 heavy (non-hydrogen) atoms. The molecule has 3 nitrogen and oxygen atoms in total. The molecule has 2 aromatic heterocycles. The Kier molecular flexibility index (Phi) is 4.46. The number of rotatable bonds is 4. The Bertz CT molecular complexity index is 532. The van der Waals surface area contributed by atoms with E-state index in [1.54, 1.807) is 17.6 Å². The molecule has 1 aliphatic carbocycles. The molecule has 0 radical (unpaired) electrons. The van der Waals surface area contributed by atoms with Crippen LogP contribution in [0.15, 0.2) is 34.9 Å². The van der Waals surface area contributed by atoms with Crippen molar-refractivity contribution in [3.05, 3.63) is 45.5 Å². The van der Waals surface area contributed by atoms with E-state index in [2.05, 4.69) is 5.32 Å². The molecule has 1 unspecified atom stereocenters. The van der Waals surface area contributed by atoms with Crippen molar-refractivity contribution in [3.63, 3.8) is 0 Å². The van der Waals surface area contributed by atoms with Crippen molar-refractivity contribution in [2.75, 3.05) is 0 Å². The average Bonchev–Trinajstić information content (AvgIpc) is 3.09. The van der Waals surface area contributed by atoms with E-state index in [9.17, 15) is 5.11 Å². The molecule has 0 spiro atoms. The lowest BCUT2D eigenvalue weighted by molar-refractivity contribution is 0.114. The predicted octanol–water partition coefficient (Wildman–Crippen LogP) is 3.98. The van der Waals surface area contributed by atoms with Crippen molar-refractivity contribution in [1.29, 1.82) is 0 Å². The highest BCUT2D eigenvalue weighted by Crippen LogP contribution is 2.33. The minimum atomic E-state index is -0.133. The molecule has 2 heterocycles. The summed E-state index contributed by atoms with van der Waals surface area (Å²) in [4.78, 5) is 1.16. The monoisotopic (exact) mass is 311 g/mol. The number of aliphatic hydroxyl groups is 1. The zero-order chi connectivity index (χ0) is 13.9. The van der Waals surface area contributed by atoms with Crippen LogP contribution in [-0.2, 0) is 0 Å². The third-order valence-electron chi connectivity index (χ3n) is 3.81. The van der Waals surface area contributed by atoms with Crippen molar-refractivity contribution in [2.45, 2.75) is 43.9 Å². The quantitative estimate of drug-likeness (QED) is 0.898. The fraction of sp³-hybridized carbons (Fsp3) is 0.467. The van der Waals surface area contributed by atoms with Gasteiger partial charge in [-0.2, -0.15) is 0 Å². The zero-order valence-electron chi connectivity index (χ0n) is 11.1. The molecule has 0 amide bonds. The molecule has 2 aromatic rings. The lowest BCUT2D eigenvalue weighted by Crippen LogP contribution is -2.37. The van der Waals surface area contributed by atoms with Crippen LogP contribution in [0.3, 0.4) is 0 Å². The first-order valence-corrected chi connectivity index (χ1v) is 8.14. The molecule has 1 atom stereocenters. The summed E-state index contributed by atoms with van der Waals surface area (Å²) in [5, 5.41) is 13.3. The topological polar surface area (TPSA) is 45.4 Å². The van der Waals surface area contributed by atoms with E-state index in [4.69, 9.17) is 16.0 Å². The summed E-state index contributed by atoms with van der Waals surface area (Å²) in [6.07, 6.45) is 5.30. The van der Waals surface area contributed by atoms with E-state index in [-0.39, 0.29) is 12.1 Å². The number of aliphatic hydroxyl groups excluding tert-OH is 1. The Balaban J connectivity index is 1.76. The number of nitrogens with one attached hydrogen (secondary N) is 1. The zero-order valence-corrected chi connectivity index (χ0v) is 12.7. The third-order valence-corrected chi connectivity index (χ3v) is 5.10.